The molecule has 0 heterocycles. The zero-order valence-electron chi connectivity index (χ0n) is 10.4. The summed E-state index contributed by atoms with van der Waals surface area (Å²) in [5.41, 5.74) is 1.37. The number of carboxylic acids is 1. The lowest BCUT2D eigenvalue weighted by Crippen LogP contribution is -2.02. The minimum absolute atomic E-state index is 0.0701. The van der Waals surface area contributed by atoms with Gasteiger partial charge in [0, 0.05) is 0 Å². The van der Waals surface area contributed by atoms with Crippen LogP contribution in [-0.4, -0.2) is 11.1 Å². The van der Waals surface area contributed by atoms with Crippen LogP contribution in [0.1, 0.15) is 25.0 Å². The average Bonchev–Trinajstić information content (AvgIpc) is 2.89. The second kappa shape index (κ2) is 4.30. The number of benzene rings is 1. The van der Waals surface area contributed by atoms with Gasteiger partial charge in [-0.25, -0.2) is 0 Å². The molecule has 1 fully saturated rings. The van der Waals surface area contributed by atoms with E-state index >= 15 is 0 Å². The van der Waals surface area contributed by atoms with Gasteiger partial charge in [0.1, 0.15) is 0 Å². The highest BCUT2D eigenvalue weighted by atomic mass is 16.4. The molecule has 18 heavy (non-hydrogen) atoms. The third-order valence-electron chi connectivity index (χ3n) is 3.69. The van der Waals surface area contributed by atoms with Crippen molar-refractivity contribution >= 4 is 12.0 Å². The summed E-state index contributed by atoms with van der Waals surface area (Å²) in [6.07, 6.45) is 3.84. The van der Waals surface area contributed by atoms with Crippen LogP contribution in [0.4, 0.5) is 0 Å². The Morgan fingerprint density at radius 1 is 1.50 bits per heavy atom. The quantitative estimate of drug-likeness (QED) is 0.885. The molecule has 2 unspecified atom stereocenters. The second-order valence-electron chi connectivity index (χ2n) is 5.26. The number of rotatable bonds is 3. The van der Waals surface area contributed by atoms with Gasteiger partial charge in [0.15, 0.2) is 0 Å². The molecule has 0 bridgehead atoms. The van der Waals surface area contributed by atoms with Crippen LogP contribution >= 0.6 is 0 Å². The lowest BCUT2D eigenvalue weighted by Gasteiger charge is -1.97. The summed E-state index contributed by atoms with van der Waals surface area (Å²) >= 11 is 0. The van der Waals surface area contributed by atoms with Crippen LogP contribution in [0.15, 0.2) is 30.3 Å². The Kier molecular flexibility index (Phi) is 2.96. The third kappa shape index (κ3) is 2.14. The van der Waals surface area contributed by atoms with E-state index < -0.39 is 5.97 Å². The van der Waals surface area contributed by atoms with Gasteiger partial charge in [-0.1, -0.05) is 38.1 Å². The van der Waals surface area contributed by atoms with Crippen molar-refractivity contribution in [2.75, 3.05) is 0 Å². The van der Waals surface area contributed by atoms with Gasteiger partial charge in [0.2, 0.25) is 0 Å². The van der Waals surface area contributed by atoms with Gasteiger partial charge >= 0.3 is 5.97 Å². The highest BCUT2D eigenvalue weighted by molar-refractivity contribution is 5.76. The predicted molar refractivity (Wildman–Crippen MR) is 68.6 cm³/mol. The van der Waals surface area contributed by atoms with Crippen molar-refractivity contribution in [2.24, 2.45) is 17.3 Å². The zero-order valence-corrected chi connectivity index (χ0v) is 10.4. The summed E-state index contributed by atoms with van der Waals surface area (Å²) in [5.74, 6) is -0.964. The van der Waals surface area contributed by atoms with E-state index in [1.165, 1.54) is 0 Å². The average molecular weight is 241 g/mol. The Hall–Kier alpha value is -2.08. The summed E-state index contributed by atoms with van der Waals surface area (Å²) in [6.45, 7) is 3.93. The Bertz CT molecular complexity index is 552. The van der Waals surface area contributed by atoms with Gasteiger partial charge in [0.25, 0.3) is 0 Å². The minimum atomic E-state index is -0.736. The fourth-order valence-electron chi connectivity index (χ4n) is 2.44. The molecular weight excluding hydrogens is 226 g/mol. The first kappa shape index (κ1) is 12.4. The van der Waals surface area contributed by atoms with Gasteiger partial charge < -0.3 is 5.11 Å². The molecule has 92 valence electrons. The lowest BCUT2D eigenvalue weighted by atomic mass is 10.1. The topological polar surface area (TPSA) is 61.1 Å². The lowest BCUT2D eigenvalue weighted by molar-refractivity contribution is -0.139. The van der Waals surface area contributed by atoms with E-state index in [9.17, 15) is 4.79 Å². The van der Waals surface area contributed by atoms with Crippen LogP contribution in [0.3, 0.4) is 0 Å². The highest BCUT2D eigenvalue weighted by Crippen LogP contribution is 2.59. The maximum absolute atomic E-state index is 11.0. The molecule has 0 radical (unpaired) electrons. The number of aliphatic carboxylic acids is 1. The summed E-state index contributed by atoms with van der Waals surface area (Å²) < 4.78 is 0. The van der Waals surface area contributed by atoms with E-state index in [0.29, 0.717) is 5.56 Å². The van der Waals surface area contributed by atoms with Crippen molar-refractivity contribution in [3.63, 3.8) is 0 Å². The van der Waals surface area contributed by atoms with Gasteiger partial charge in [-0.3, -0.25) is 4.79 Å². The maximum atomic E-state index is 11.0. The molecule has 0 saturated heterocycles. The van der Waals surface area contributed by atoms with Crippen molar-refractivity contribution in [1.82, 2.24) is 0 Å². The summed E-state index contributed by atoms with van der Waals surface area (Å²) in [7, 11) is 0. The van der Waals surface area contributed by atoms with E-state index in [0.717, 1.165) is 5.56 Å². The van der Waals surface area contributed by atoms with Crippen molar-refractivity contribution in [3.05, 3.63) is 41.5 Å². The number of carbonyl (C=O) groups is 1. The van der Waals surface area contributed by atoms with Crippen LogP contribution in [0.5, 0.6) is 0 Å². The highest BCUT2D eigenvalue weighted by Gasteiger charge is 2.60. The number of hydrogen-bond acceptors (Lipinski definition) is 2. The molecule has 1 aliphatic carbocycles. The minimum Gasteiger partial charge on any atom is -0.481 e. The van der Waals surface area contributed by atoms with E-state index in [1.807, 2.05) is 38.1 Å². The molecular formula is C15H15NO2. The Morgan fingerprint density at radius 3 is 2.78 bits per heavy atom. The number of carboxylic acid groups (broad SMARTS) is 1. The molecule has 0 spiro atoms. The summed E-state index contributed by atoms with van der Waals surface area (Å²) in [4.78, 5) is 11.0. The van der Waals surface area contributed by atoms with E-state index in [-0.39, 0.29) is 17.3 Å². The van der Waals surface area contributed by atoms with Crippen molar-refractivity contribution in [2.45, 2.75) is 13.8 Å². The molecule has 1 aliphatic rings. The Morgan fingerprint density at radius 2 is 2.22 bits per heavy atom. The SMILES string of the molecule is CC1(C)C(C=Cc2cccc(C#N)c2)C1C(=O)O. The van der Waals surface area contributed by atoms with E-state index in [1.54, 1.807) is 12.1 Å². The normalized spacial score (nSPS) is 24.7. The zero-order chi connectivity index (χ0) is 13.3. The monoisotopic (exact) mass is 241 g/mol. The maximum Gasteiger partial charge on any atom is 0.307 e. The molecule has 1 aromatic carbocycles. The van der Waals surface area contributed by atoms with Crippen LogP contribution in [0.25, 0.3) is 6.08 Å². The van der Waals surface area contributed by atoms with Gasteiger partial charge in [-0.05, 0) is 29.0 Å². The Balaban J connectivity index is 2.13. The van der Waals surface area contributed by atoms with Crippen molar-refractivity contribution in [1.29, 1.82) is 5.26 Å². The number of nitrogens with zero attached hydrogens (tertiary/aromatic N) is 1. The molecule has 0 amide bonds. The number of allylic oxidation sites excluding steroid dienone is 1. The first-order valence-corrected chi connectivity index (χ1v) is 5.88. The van der Waals surface area contributed by atoms with Crippen LogP contribution < -0.4 is 0 Å². The molecule has 1 aromatic rings. The smallest absolute Gasteiger partial charge is 0.307 e. The largest absolute Gasteiger partial charge is 0.481 e. The third-order valence-corrected chi connectivity index (χ3v) is 3.69. The van der Waals surface area contributed by atoms with Gasteiger partial charge in [-0.2, -0.15) is 5.26 Å². The molecule has 2 atom stereocenters. The van der Waals surface area contributed by atoms with E-state index in [2.05, 4.69) is 6.07 Å². The molecule has 1 N–H and O–H groups in total. The van der Waals surface area contributed by atoms with Crippen LogP contribution in [0, 0.1) is 28.6 Å². The van der Waals surface area contributed by atoms with Crippen molar-refractivity contribution in [3.8, 4) is 6.07 Å². The van der Waals surface area contributed by atoms with Crippen LogP contribution in [-0.2, 0) is 4.79 Å². The molecule has 0 aliphatic heterocycles. The molecule has 1 saturated carbocycles. The first-order chi connectivity index (χ1) is 8.46. The Labute approximate surface area is 106 Å². The van der Waals surface area contributed by atoms with Gasteiger partial charge in [-0.15, -0.1) is 0 Å². The van der Waals surface area contributed by atoms with E-state index in [4.69, 9.17) is 10.4 Å². The summed E-state index contributed by atoms with van der Waals surface area (Å²) in [5, 5.41) is 17.9. The molecule has 3 heteroatoms. The number of nitriles is 1. The predicted octanol–water partition coefficient (Wildman–Crippen LogP) is 2.93. The van der Waals surface area contributed by atoms with Crippen molar-refractivity contribution < 1.29 is 9.90 Å². The fourth-order valence-corrected chi connectivity index (χ4v) is 2.44. The molecule has 3 nitrogen and oxygen atoms in total. The van der Waals surface area contributed by atoms with Crippen LogP contribution in [0.2, 0.25) is 0 Å². The standard InChI is InChI=1S/C15H15NO2/c1-15(2)12(13(15)14(17)18)7-6-10-4-3-5-11(8-10)9-16/h3-8,12-13H,1-2H3,(H,17,18). The van der Waals surface area contributed by atoms with Gasteiger partial charge in [0.05, 0.1) is 17.6 Å². The fraction of sp³-hybridized carbons (Fsp3) is 0.333. The molecule has 0 aromatic heterocycles. The molecule has 2 rings (SSSR count). The first-order valence-electron chi connectivity index (χ1n) is 5.88. The second-order valence-corrected chi connectivity index (χ2v) is 5.26. The summed E-state index contributed by atoms with van der Waals surface area (Å²) in [6, 6.07) is 9.36. The number of hydrogen-bond donors (Lipinski definition) is 1.